The maximum Gasteiger partial charge on any atom is 0.320 e. The van der Waals surface area contributed by atoms with E-state index in [1.165, 1.54) is 23.6 Å². The maximum absolute atomic E-state index is 12.9. The van der Waals surface area contributed by atoms with E-state index in [1.807, 2.05) is 38.1 Å². The quantitative estimate of drug-likeness (QED) is 0.553. The Morgan fingerprint density at radius 3 is 1.35 bits per heavy atom. The van der Waals surface area contributed by atoms with Crippen molar-refractivity contribution in [3.63, 3.8) is 0 Å². The number of nitrogens with zero attached hydrogens (tertiary/aromatic N) is 2. The fraction of sp³-hybridized carbons (Fsp3) is 0.333. The minimum atomic E-state index is -0.984. The van der Waals surface area contributed by atoms with Gasteiger partial charge in [0.15, 0.2) is 0 Å². The summed E-state index contributed by atoms with van der Waals surface area (Å²) in [7, 11) is 0. The van der Waals surface area contributed by atoms with Crippen molar-refractivity contribution in [2.75, 3.05) is 23.7 Å². The predicted octanol–water partition coefficient (Wildman–Crippen LogP) is 2.61. The van der Waals surface area contributed by atoms with Gasteiger partial charge in [0.2, 0.25) is 11.8 Å². The Kier molecular flexibility index (Phi) is 7.72. The molecule has 2 unspecified atom stereocenters. The van der Waals surface area contributed by atoms with E-state index in [0.29, 0.717) is 11.4 Å². The predicted molar refractivity (Wildman–Crippen MR) is 129 cm³/mol. The van der Waals surface area contributed by atoms with E-state index in [1.54, 1.807) is 24.3 Å². The van der Waals surface area contributed by atoms with Crippen molar-refractivity contribution in [2.45, 2.75) is 40.0 Å². The van der Waals surface area contributed by atoms with Crippen molar-refractivity contribution in [1.82, 2.24) is 20.4 Å². The summed E-state index contributed by atoms with van der Waals surface area (Å²) in [6.07, 6.45) is -1.97. The van der Waals surface area contributed by atoms with Crippen LogP contribution in [0.25, 0.3) is 0 Å². The largest absolute Gasteiger partial charge is 0.320 e. The first kappa shape index (κ1) is 24.6. The summed E-state index contributed by atoms with van der Waals surface area (Å²) in [5.41, 5.74) is 2.94. The maximum atomic E-state index is 12.9. The molecule has 0 spiro atoms. The van der Waals surface area contributed by atoms with Crippen molar-refractivity contribution in [2.24, 2.45) is 0 Å². The van der Waals surface area contributed by atoms with Gasteiger partial charge in [-0.1, -0.05) is 36.4 Å². The lowest BCUT2D eigenvalue weighted by molar-refractivity contribution is -0.146. The first-order valence-electron chi connectivity index (χ1n) is 11.0. The lowest BCUT2D eigenvalue weighted by Crippen LogP contribution is -2.72. The van der Waals surface area contributed by atoms with Crippen LogP contribution in [0.5, 0.6) is 0 Å². The molecule has 0 bridgehead atoms. The molecule has 1 aliphatic heterocycles. The average Bonchev–Trinajstić information content (AvgIpc) is 2.77. The highest BCUT2D eigenvalue weighted by atomic mass is 16.2. The van der Waals surface area contributed by atoms with Gasteiger partial charge >= 0.3 is 12.1 Å². The van der Waals surface area contributed by atoms with Gasteiger partial charge in [0.1, 0.15) is 12.3 Å². The van der Waals surface area contributed by atoms with Gasteiger partial charge in [-0.05, 0) is 37.1 Å². The van der Waals surface area contributed by atoms with Gasteiger partial charge in [0.25, 0.3) is 0 Å². The smallest absolute Gasteiger partial charge is 0.317 e. The summed E-state index contributed by atoms with van der Waals surface area (Å²) < 4.78 is 0. The van der Waals surface area contributed by atoms with Crippen LogP contribution in [-0.4, -0.2) is 59.1 Å². The molecule has 1 fully saturated rings. The van der Waals surface area contributed by atoms with E-state index in [9.17, 15) is 19.2 Å². The Morgan fingerprint density at radius 1 is 0.676 bits per heavy atom. The molecule has 2 aromatic rings. The Labute approximate surface area is 198 Å². The van der Waals surface area contributed by atoms with E-state index in [2.05, 4.69) is 21.3 Å². The van der Waals surface area contributed by atoms with E-state index < -0.39 is 24.4 Å². The average molecular weight is 467 g/mol. The molecule has 0 radical (unpaired) electrons. The number of benzene rings is 2. The Morgan fingerprint density at radius 2 is 1.03 bits per heavy atom. The summed E-state index contributed by atoms with van der Waals surface area (Å²) in [6.45, 7) is 6.89. The van der Waals surface area contributed by atoms with E-state index >= 15 is 0 Å². The number of nitrogens with one attached hydrogen (secondary N) is 4. The second-order valence-corrected chi connectivity index (χ2v) is 8.14. The third-order valence-electron chi connectivity index (χ3n) is 5.71. The molecule has 3 rings (SSSR count). The number of anilines is 2. The molecule has 6 amide bonds. The SMILES string of the molecule is CC(=O)N1CCN(C(C)=O)C(NC(=O)Nc2ccccc2C)C1NC(=O)Nc1ccccc1C. The van der Waals surface area contributed by atoms with Gasteiger partial charge in [-0.3, -0.25) is 9.59 Å². The Bertz CT molecular complexity index is 1000. The highest BCUT2D eigenvalue weighted by molar-refractivity contribution is 5.92. The van der Waals surface area contributed by atoms with E-state index in [-0.39, 0.29) is 24.9 Å². The van der Waals surface area contributed by atoms with Gasteiger partial charge in [0, 0.05) is 38.3 Å². The van der Waals surface area contributed by atoms with Gasteiger partial charge in [-0.15, -0.1) is 0 Å². The Hall–Kier alpha value is -4.08. The molecule has 0 saturated carbocycles. The molecule has 0 aromatic heterocycles. The van der Waals surface area contributed by atoms with Crippen molar-refractivity contribution >= 4 is 35.3 Å². The number of amides is 6. The summed E-state index contributed by atoms with van der Waals surface area (Å²) in [5, 5.41) is 11.0. The number of urea groups is 2. The molecule has 10 heteroatoms. The molecule has 2 aromatic carbocycles. The summed E-state index contributed by atoms with van der Waals surface area (Å²) in [4.78, 5) is 53.3. The van der Waals surface area contributed by atoms with Crippen LogP contribution >= 0.6 is 0 Å². The zero-order valence-electron chi connectivity index (χ0n) is 19.7. The summed E-state index contributed by atoms with van der Waals surface area (Å²) >= 11 is 0. The molecular formula is C24H30N6O4. The highest BCUT2D eigenvalue weighted by Gasteiger charge is 2.41. The van der Waals surface area contributed by atoms with Crippen LogP contribution < -0.4 is 21.3 Å². The highest BCUT2D eigenvalue weighted by Crippen LogP contribution is 2.18. The van der Waals surface area contributed by atoms with Crippen molar-refractivity contribution in [3.05, 3.63) is 59.7 Å². The minimum Gasteiger partial charge on any atom is -0.317 e. The minimum absolute atomic E-state index is 0.210. The number of carbonyl (C=O) groups is 4. The van der Waals surface area contributed by atoms with Crippen molar-refractivity contribution in [3.8, 4) is 0 Å². The molecule has 180 valence electrons. The van der Waals surface area contributed by atoms with E-state index in [0.717, 1.165) is 11.1 Å². The number of rotatable bonds is 4. The van der Waals surface area contributed by atoms with Crippen LogP contribution in [0.15, 0.2) is 48.5 Å². The van der Waals surface area contributed by atoms with Crippen LogP contribution in [-0.2, 0) is 9.59 Å². The number of hydrogen-bond donors (Lipinski definition) is 4. The molecule has 1 aliphatic rings. The number of piperazine rings is 1. The summed E-state index contributed by atoms with van der Waals surface area (Å²) in [6, 6.07) is 13.4. The lowest BCUT2D eigenvalue weighted by atomic mass is 10.2. The molecule has 2 atom stereocenters. The second-order valence-electron chi connectivity index (χ2n) is 8.14. The van der Waals surface area contributed by atoms with Crippen molar-refractivity contribution < 1.29 is 19.2 Å². The molecule has 10 nitrogen and oxygen atoms in total. The molecular weight excluding hydrogens is 436 g/mol. The number of carbonyl (C=O) groups excluding carboxylic acids is 4. The van der Waals surface area contributed by atoms with Gasteiger partial charge in [0.05, 0.1) is 0 Å². The Balaban J connectivity index is 1.84. The van der Waals surface area contributed by atoms with Gasteiger partial charge in [-0.2, -0.15) is 0 Å². The number of para-hydroxylation sites is 2. The topological polar surface area (TPSA) is 123 Å². The standard InChI is InChI=1S/C24H30N6O4/c1-15-9-5-7-11-19(15)25-23(33)27-21-22(30(18(4)32)14-13-29(21)17(3)31)28-24(34)26-20-12-8-6-10-16(20)2/h5-12,21-22H,13-14H2,1-4H3,(H2,25,27,33)(H2,26,28,34). The molecule has 1 heterocycles. The monoisotopic (exact) mass is 466 g/mol. The number of hydrogen-bond acceptors (Lipinski definition) is 4. The second kappa shape index (κ2) is 10.7. The fourth-order valence-electron chi connectivity index (χ4n) is 3.87. The van der Waals surface area contributed by atoms with Crippen LogP contribution in [0.1, 0.15) is 25.0 Å². The van der Waals surface area contributed by atoms with Crippen LogP contribution in [0, 0.1) is 13.8 Å². The van der Waals surface area contributed by atoms with Crippen LogP contribution in [0.3, 0.4) is 0 Å². The molecule has 0 aliphatic carbocycles. The van der Waals surface area contributed by atoms with Crippen LogP contribution in [0.4, 0.5) is 21.0 Å². The first-order valence-corrected chi connectivity index (χ1v) is 11.0. The van der Waals surface area contributed by atoms with Crippen molar-refractivity contribution in [1.29, 1.82) is 0 Å². The molecule has 4 N–H and O–H groups in total. The van der Waals surface area contributed by atoms with Crippen LogP contribution in [0.2, 0.25) is 0 Å². The fourth-order valence-corrected chi connectivity index (χ4v) is 3.87. The van der Waals surface area contributed by atoms with E-state index in [4.69, 9.17) is 0 Å². The zero-order valence-corrected chi connectivity index (χ0v) is 19.7. The number of aryl methyl sites for hydroxylation is 2. The molecule has 1 saturated heterocycles. The lowest BCUT2D eigenvalue weighted by Gasteiger charge is -2.47. The third kappa shape index (κ3) is 5.83. The van der Waals surface area contributed by atoms with Gasteiger partial charge in [-0.25, -0.2) is 9.59 Å². The third-order valence-corrected chi connectivity index (χ3v) is 5.71. The normalized spacial score (nSPS) is 17.5. The molecule has 34 heavy (non-hydrogen) atoms. The first-order chi connectivity index (χ1) is 16.2. The summed E-state index contributed by atoms with van der Waals surface area (Å²) in [5.74, 6) is -0.592. The van der Waals surface area contributed by atoms with Gasteiger partial charge < -0.3 is 31.1 Å². The zero-order chi connectivity index (χ0) is 24.8.